The number of hydrogen-bond donors (Lipinski definition) is 2. The lowest BCUT2D eigenvalue weighted by Gasteiger charge is -2.13. The molecular formula is C19H19FN4O2S. The molecule has 1 heterocycles. The molecule has 1 fully saturated rings. The van der Waals surface area contributed by atoms with Gasteiger partial charge in [0.1, 0.15) is 12.9 Å². The Morgan fingerprint density at radius 2 is 2.00 bits per heavy atom. The quantitative estimate of drug-likeness (QED) is 0.650. The van der Waals surface area contributed by atoms with Crippen molar-refractivity contribution in [3.05, 3.63) is 54.1 Å². The van der Waals surface area contributed by atoms with Crippen molar-refractivity contribution < 1.29 is 13.9 Å². The molecule has 0 radical (unpaired) electrons. The molecule has 4 rings (SSSR count). The first-order chi connectivity index (χ1) is 13.0. The zero-order valence-corrected chi connectivity index (χ0v) is 15.6. The van der Waals surface area contributed by atoms with Gasteiger partial charge in [0.25, 0.3) is 0 Å². The maximum absolute atomic E-state index is 14.1. The molecule has 27 heavy (non-hydrogen) atoms. The monoisotopic (exact) mass is 386 g/mol. The third-order valence-corrected chi connectivity index (χ3v) is 7.01. The molecule has 6 nitrogen and oxygen atoms in total. The van der Waals surface area contributed by atoms with E-state index in [1.807, 2.05) is 24.3 Å². The van der Waals surface area contributed by atoms with Crippen molar-refractivity contribution in [1.82, 2.24) is 9.97 Å². The van der Waals surface area contributed by atoms with Crippen LogP contribution < -0.4 is 9.47 Å². The number of aromatic nitrogens is 2. The van der Waals surface area contributed by atoms with E-state index in [-0.39, 0.29) is 23.5 Å². The summed E-state index contributed by atoms with van der Waals surface area (Å²) in [5.74, 6) is -0.109. The van der Waals surface area contributed by atoms with Crippen LogP contribution in [-0.4, -0.2) is 22.3 Å². The highest BCUT2D eigenvalue weighted by Crippen LogP contribution is 2.35. The van der Waals surface area contributed by atoms with Gasteiger partial charge in [0.05, 0.1) is 18.0 Å². The minimum atomic E-state index is -2.26. The molecule has 0 unspecified atom stereocenters. The zero-order valence-electron chi connectivity index (χ0n) is 14.7. The second-order valence-corrected chi connectivity index (χ2v) is 8.94. The highest BCUT2D eigenvalue weighted by molar-refractivity contribution is 7.94. The Morgan fingerprint density at radius 1 is 1.19 bits per heavy atom. The molecule has 1 saturated carbocycles. The lowest BCUT2D eigenvalue weighted by Crippen LogP contribution is -2.05. The number of methoxy groups -OCH3 is 1. The van der Waals surface area contributed by atoms with E-state index in [1.165, 1.54) is 25.6 Å². The Morgan fingerprint density at radius 3 is 2.74 bits per heavy atom. The van der Waals surface area contributed by atoms with Crippen LogP contribution in [0.25, 0.3) is 10.9 Å². The van der Waals surface area contributed by atoms with Crippen molar-refractivity contribution >= 4 is 20.5 Å². The summed E-state index contributed by atoms with van der Waals surface area (Å²) in [7, 11) is -0.863. The molecule has 2 N–H and O–H groups in total. The predicted molar refractivity (Wildman–Crippen MR) is 101 cm³/mol. The van der Waals surface area contributed by atoms with Crippen molar-refractivity contribution in [2.45, 2.75) is 29.6 Å². The van der Waals surface area contributed by atoms with Crippen LogP contribution in [0.1, 0.15) is 18.4 Å². The molecule has 1 aliphatic carbocycles. The molecule has 0 aliphatic heterocycles. The van der Waals surface area contributed by atoms with Crippen molar-refractivity contribution in [2.24, 2.45) is 0 Å². The molecule has 0 atom stereocenters. The molecule has 0 amide bonds. The first-order valence-electron chi connectivity index (χ1n) is 8.50. The number of rotatable bonds is 6. The Hall–Kier alpha value is -2.74. The molecular weight excluding hydrogens is 367 g/mol. The van der Waals surface area contributed by atoms with Gasteiger partial charge in [-0.1, -0.05) is 12.1 Å². The fourth-order valence-electron chi connectivity index (χ4n) is 2.91. The van der Waals surface area contributed by atoms with Crippen molar-refractivity contribution in [1.29, 1.82) is 9.56 Å². The van der Waals surface area contributed by atoms with Gasteiger partial charge in [0, 0.05) is 16.2 Å². The van der Waals surface area contributed by atoms with Crippen molar-refractivity contribution in [3.63, 3.8) is 0 Å². The molecule has 140 valence electrons. The maximum atomic E-state index is 14.1. The molecule has 2 aromatic carbocycles. The molecule has 3 aromatic rings. The molecule has 1 aliphatic rings. The highest BCUT2D eigenvalue weighted by atomic mass is 32.2. The Labute approximate surface area is 156 Å². The SMILES string of the molecule is COc1cc2ncnc(OCc3cccc(S(=N)(=N)C4CC4)c3)c2cc1F. The summed E-state index contributed by atoms with van der Waals surface area (Å²) < 4.78 is 41.6. The summed E-state index contributed by atoms with van der Waals surface area (Å²) in [4.78, 5) is 9.00. The van der Waals surface area contributed by atoms with Crippen LogP contribution in [0.4, 0.5) is 4.39 Å². The Kier molecular flexibility index (Phi) is 4.43. The molecule has 0 bridgehead atoms. The number of hydrogen-bond acceptors (Lipinski definition) is 6. The van der Waals surface area contributed by atoms with E-state index in [1.54, 1.807) is 0 Å². The van der Waals surface area contributed by atoms with E-state index in [2.05, 4.69) is 9.97 Å². The van der Waals surface area contributed by atoms with Gasteiger partial charge in [-0.3, -0.25) is 9.56 Å². The predicted octanol–water partition coefficient (Wildman–Crippen LogP) is 4.56. The molecule has 0 spiro atoms. The van der Waals surface area contributed by atoms with Crippen LogP contribution in [0.15, 0.2) is 47.6 Å². The third-order valence-electron chi connectivity index (χ3n) is 4.54. The lowest BCUT2D eigenvalue weighted by atomic mass is 10.2. The average Bonchev–Trinajstić information content (AvgIpc) is 3.52. The number of halogens is 1. The minimum Gasteiger partial charge on any atom is -0.494 e. The fourth-order valence-corrected chi connectivity index (χ4v) is 4.77. The number of nitrogens with zero attached hydrogens (tertiary/aromatic N) is 2. The fraction of sp³-hybridized carbons (Fsp3) is 0.263. The summed E-state index contributed by atoms with van der Waals surface area (Å²) in [5.41, 5.74) is 1.38. The zero-order chi connectivity index (χ0) is 19.0. The standard InChI is InChI=1S/C19H19FN4O2S/c1-25-18-9-17-15(8-16(18)20)19(24-11-23-17)26-10-12-3-2-4-14(7-12)27(21,22)13-5-6-13/h2-4,7-9,11,13,21-22H,5-6,10H2,1H3. The van der Waals surface area contributed by atoms with Gasteiger partial charge in [0.2, 0.25) is 5.88 Å². The first kappa shape index (κ1) is 17.7. The van der Waals surface area contributed by atoms with Crippen LogP contribution in [0.3, 0.4) is 0 Å². The summed E-state index contributed by atoms with van der Waals surface area (Å²) in [6, 6.07) is 10.3. The maximum Gasteiger partial charge on any atom is 0.224 e. The topological polar surface area (TPSA) is 91.9 Å². The minimum absolute atomic E-state index is 0.116. The van der Waals surface area contributed by atoms with E-state index in [0.29, 0.717) is 10.9 Å². The molecule has 1 aromatic heterocycles. The van der Waals surface area contributed by atoms with Gasteiger partial charge in [-0.25, -0.2) is 14.4 Å². The van der Waals surface area contributed by atoms with Crippen LogP contribution >= 0.6 is 0 Å². The van der Waals surface area contributed by atoms with Gasteiger partial charge in [-0.05, 0) is 46.2 Å². The van der Waals surface area contributed by atoms with Crippen LogP contribution in [-0.2, 0) is 16.2 Å². The van der Waals surface area contributed by atoms with Gasteiger partial charge >= 0.3 is 0 Å². The average molecular weight is 386 g/mol. The van der Waals surface area contributed by atoms with Crippen LogP contribution in [0, 0.1) is 15.4 Å². The Balaban J connectivity index is 1.60. The summed E-state index contributed by atoms with van der Waals surface area (Å²) in [5, 5.41) is 0.642. The normalized spacial score (nSPS) is 14.3. The van der Waals surface area contributed by atoms with Crippen LogP contribution in [0.2, 0.25) is 0 Å². The van der Waals surface area contributed by atoms with Crippen molar-refractivity contribution in [3.8, 4) is 11.6 Å². The first-order valence-corrected chi connectivity index (χ1v) is 10.2. The van der Waals surface area contributed by atoms with Gasteiger partial charge in [-0.2, -0.15) is 0 Å². The smallest absolute Gasteiger partial charge is 0.224 e. The van der Waals surface area contributed by atoms with Crippen LogP contribution in [0.5, 0.6) is 11.6 Å². The number of nitrogens with one attached hydrogen (secondary N) is 2. The summed E-state index contributed by atoms with van der Waals surface area (Å²) in [6.07, 6.45) is 3.29. The third kappa shape index (κ3) is 3.44. The Bertz CT molecular complexity index is 1110. The summed E-state index contributed by atoms with van der Waals surface area (Å²) >= 11 is 0. The van der Waals surface area contributed by atoms with E-state index < -0.39 is 15.4 Å². The second-order valence-electron chi connectivity index (χ2n) is 6.48. The van der Waals surface area contributed by atoms with Gasteiger partial charge < -0.3 is 9.47 Å². The van der Waals surface area contributed by atoms with Gasteiger partial charge in [0.15, 0.2) is 11.6 Å². The van der Waals surface area contributed by atoms with E-state index in [9.17, 15) is 4.39 Å². The number of ether oxygens (including phenoxy) is 2. The van der Waals surface area contributed by atoms with E-state index in [0.717, 1.165) is 23.3 Å². The van der Waals surface area contributed by atoms with E-state index >= 15 is 0 Å². The van der Waals surface area contributed by atoms with Crippen molar-refractivity contribution in [2.75, 3.05) is 7.11 Å². The lowest BCUT2D eigenvalue weighted by molar-refractivity contribution is 0.297. The largest absolute Gasteiger partial charge is 0.494 e. The summed E-state index contributed by atoms with van der Waals surface area (Å²) in [6.45, 7) is 0.216. The molecule has 0 saturated heterocycles. The highest BCUT2D eigenvalue weighted by Gasteiger charge is 2.30. The van der Waals surface area contributed by atoms with E-state index in [4.69, 9.17) is 19.0 Å². The number of fused-ring (bicyclic) bond motifs is 1. The second kappa shape index (κ2) is 6.77. The number of benzene rings is 2. The van der Waals surface area contributed by atoms with Gasteiger partial charge in [-0.15, -0.1) is 0 Å². The molecule has 8 heteroatoms.